The second-order valence-corrected chi connectivity index (χ2v) is 4.19. The maximum atomic E-state index is 13.0. The third kappa shape index (κ3) is 3.09. The van der Waals surface area contributed by atoms with Gasteiger partial charge in [-0.3, -0.25) is 9.48 Å². The molecule has 0 atom stereocenters. The van der Waals surface area contributed by atoms with Gasteiger partial charge in [0.1, 0.15) is 5.82 Å². The van der Waals surface area contributed by atoms with Gasteiger partial charge in [-0.15, -0.1) is 0 Å². The van der Waals surface area contributed by atoms with Crippen LogP contribution < -0.4 is 11.1 Å². The monoisotopic (exact) mass is 262 g/mol. The minimum absolute atomic E-state index is 0.0284. The van der Waals surface area contributed by atoms with Crippen LogP contribution in [0.2, 0.25) is 0 Å². The Bertz CT molecular complexity index is 594. The summed E-state index contributed by atoms with van der Waals surface area (Å²) in [6.45, 7) is 0.482. The Morgan fingerprint density at radius 1 is 1.47 bits per heavy atom. The van der Waals surface area contributed by atoms with Crippen molar-refractivity contribution in [2.24, 2.45) is 7.05 Å². The van der Waals surface area contributed by atoms with Gasteiger partial charge < -0.3 is 11.1 Å². The highest BCUT2D eigenvalue weighted by molar-refractivity contribution is 5.95. The smallest absolute Gasteiger partial charge is 0.251 e. The lowest BCUT2D eigenvalue weighted by Gasteiger charge is -2.06. The predicted molar refractivity (Wildman–Crippen MR) is 70.1 cm³/mol. The Morgan fingerprint density at radius 2 is 2.26 bits per heavy atom. The largest absolute Gasteiger partial charge is 0.396 e. The number of anilines is 1. The molecule has 0 saturated carbocycles. The SMILES string of the molecule is Cn1nccc1CCNC(=O)c1ccc(F)c(N)c1. The van der Waals surface area contributed by atoms with Crippen molar-refractivity contribution in [2.45, 2.75) is 6.42 Å². The number of carbonyl (C=O) groups is 1. The molecule has 5 nitrogen and oxygen atoms in total. The zero-order valence-electron chi connectivity index (χ0n) is 10.6. The van der Waals surface area contributed by atoms with E-state index in [9.17, 15) is 9.18 Å². The quantitative estimate of drug-likeness (QED) is 0.811. The molecule has 0 saturated heterocycles. The van der Waals surface area contributed by atoms with Crippen molar-refractivity contribution in [1.29, 1.82) is 0 Å². The van der Waals surface area contributed by atoms with E-state index in [-0.39, 0.29) is 11.6 Å². The number of nitrogens with two attached hydrogens (primary N) is 1. The summed E-state index contributed by atoms with van der Waals surface area (Å²) in [5.41, 5.74) is 6.77. The van der Waals surface area contributed by atoms with Crippen LogP contribution in [0.3, 0.4) is 0 Å². The van der Waals surface area contributed by atoms with Crippen LogP contribution in [-0.2, 0) is 13.5 Å². The Labute approximate surface area is 110 Å². The molecule has 0 bridgehead atoms. The highest BCUT2D eigenvalue weighted by Gasteiger charge is 2.08. The van der Waals surface area contributed by atoms with E-state index in [1.807, 2.05) is 13.1 Å². The van der Waals surface area contributed by atoms with Crippen molar-refractivity contribution >= 4 is 11.6 Å². The number of nitrogen functional groups attached to an aromatic ring is 1. The molecule has 0 aliphatic heterocycles. The van der Waals surface area contributed by atoms with Gasteiger partial charge in [-0.05, 0) is 24.3 Å². The first-order valence-corrected chi connectivity index (χ1v) is 5.88. The fourth-order valence-corrected chi connectivity index (χ4v) is 1.74. The summed E-state index contributed by atoms with van der Waals surface area (Å²) in [6, 6.07) is 5.81. The minimum Gasteiger partial charge on any atom is -0.396 e. The van der Waals surface area contributed by atoms with Gasteiger partial charge >= 0.3 is 0 Å². The topological polar surface area (TPSA) is 72.9 Å². The Kier molecular flexibility index (Phi) is 3.79. The molecule has 3 N–H and O–H groups in total. The van der Waals surface area contributed by atoms with Crippen LogP contribution >= 0.6 is 0 Å². The van der Waals surface area contributed by atoms with Crippen LogP contribution in [0.4, 0.5) is 10.1 Å². The highest BCUT2D eigenvalue weighted by atomic mass is 19.1. The molecular formula is C13H15FN4O. The lowest BCUT2D eigenvalue weighted by Crippen LogP contribution is -2.26. The first-order valence-electron chi connectivity index (χ1n) is 5.88. The second kappa shape index (κ2) is 5.51. The first-order chi connectivity index (χ1) is 9.08. The number of aryl methyl sites for hydroxylation is 1. The maximum absolute atomic E-state index is 13.0. The third-order valence-electron chi connectivity index (χ3n) is 2.85. The summed E-state index contributed by atoms with van der Waals surface area (Å²) in [6.07, 6.45) is 2.39. The summed E-state index contributed by atoms with van der Waals surface area (Å²) >= 11 is 0. The molecule has 1 aromatic carbocycles. The maximum Gasteiger partial charge on any atom is 0.251 e. The molecule has 1 amide bonds. The van der Waals surface area contributed by atoms with E-state index >= 15 is 0 Å². The fraction of sp³-hybridized carbons (Fsp3) is 0.231. The van der Waals surface area contributed by atoms with Crippen LogP contribution in [0.15, 0.2) is 30.5 Å². The van der Waals surface area contributed by atoms with E-state index in [1.165, 1.54) is 18.2 Å². The Morgan fingerprint density at radius 3 is 2.89 bits per heavy atom. The number of amides is 1. The van der Waals surface area contributed by atoms with E-state index in [4.69, 9.17) is 5.73 Å². The second-order valence-electron chi connectivity index (χ2n) is 4.19. The Hall–Kier alpha value is -2.37. The number of hydrogen-bond donors (Lipinski definition) is 2. The van der Waals surface area contributed by atoms with Crippen molar-refractivity contribution in [3.8, 4) is 0 Å². The van der Waals surface area contributed by atoms with Crippen LogP contribution in [0, 0.1) is 5.82 Å². The predicted octanol–water partition coefficient (Wildman–Crippen LogP) is 1.11. The molecule has 0 aliphatic carbocycles. The number of carbonyl (C=O) groups excluding carboxylic acids is 1. The van der Waals surface area contributed by atoms with Gasteiger partial charge in [0.15, 0.2) is 0 Å². The number of nitrogens with zero attached hydrogens (tertiary/aromatic N) is 2. The Balaban J connectivity index is 1.91. The van der Waals surface area contributed by atoms with Crippen molar-refractivity contribution in [1.82, 2.24) is 15.1 Å². The lowest BCUT2D eigenvalue weighted by molar-refractivity contribution is 0.0954. The molecule has 2 aromatic rings. The van der Waals surface area contributed by atoms with Crippen LogP contribution in [0.1, 0.15) is 16.1 Å². The van der Waals surface area contributed by atoms with Gasteiger partial charge in [0.25, 0.3) is 5.91 Å². The van der Waals surface area contributed by atoms with Gasteiger partial charge in [-0.25, -0.2) is 4.39 Å². The highest BCUT2D eigenvalue weighted by Crippen LogP contribution is 2.12. The number of hydrogen-bond acceptors (Lipinski definition) is 3. The van der Waals surface area contributed by atoms with E-state index in [0.717, 1.165) is 5.69 Å². The van der Waals surface area contributed by atoms with Crippen molar-refractivity contribution in [3.63, 3.8) is 0 Å². The minimum atomic E-state index is -0.522. The normalized spacial score (nSPS) is 10.4. The van der Waals surface area contributed by atoms with Crippen LogP contribution in [0.25, 0.3) is 0 Å². The molecule has 1 heterocycles. The number of aromatic nitrogens is 2. The zero-order valence-corrected chi connectivity index (χ0v) is 10.6. The molecule has 0 fully saturated rings. The van der Waals surface area contributed by atoms with Gasteiger partial charge in [-0.2, -0.15) is 5.10 Å². The van der Waals surface area contributed by atoms with Crippen LogP contribution in [0.5, 0.6) is 0 Å². The fourth-order valence-electron chi connectivity index (χ4n) is 1.74. The van der Waals surface area contributed by atoms with Crippen molar-refractivity contribution in [3.05, 3.63) is 47.5 Å². The summed E-state index contributed by atoms with van der Waals surface area (Å²) in [7, 11) is 1.85. The average molecular weight is 262 g/mol. The molecule has 0 unspecified atom stereocenters. The van der Waals surface area contributed by atoms with E-state index in [1.54, 1.807) is 10.9 Å². The molecule has 1 aromatic heterocycles. The summed E-state index contributed by atoms with van der Waals surface area (Å²) in [4.78, 5) is 11.8. The molecule has 0 aliphatic rings. The zero-order chi connectivity index (χ0) is 13.8. The first kappa shape index (κ1) is 13.1. The summed E-state index contributed by atoms with van der Waals surface area (Å²) < 4.78 is 14.7. The number of benzene rings is 1. The molecule has 2 rings (SSSR count). The molecular weight excluding hydrogens is 247 g/mol. The van der Waals surface area contributed by atoms with Crippen LogP contribution in [-0.4, -0.2) is 22.2 Å². The number of halogens is 1. The molecule has 0 radical (unpaired) electrons. The molecule has 6 heteroatoms. The molecule has 19 heavy (non-hydrogen) atoms. The van der Waals surface area contributed by atoms with E-state index in [0.29, 0.717) is 18.5 Å². The van der Waals surface area contributed by atoms with E-state index in [2.05, 4.69) is 10.4 Å². The lowest BCUT2D eigenvalue weighted by atomic mass is 10.2. The molecule has 100 valence electrons. The number of nitrogens with one attached hydrogen (secondary N) is 1. The molecule has 0 spiro atoms. The average Bonchev–Trinajstić information content (AvgIpc) is 2.78. The van der Waals surface area contributed by atoms with Crippen molar-refractivity contribution in [2.75, 3.05) is 12.3 Å². The van der Waals surface area contributed by atoms with Crippen molar-refractivity contribution < 1.29 is 9.18 Å². The van der Waals surface area contributed by atoms with E-state index < -0.39 is 5.82 Å². The van der Waals surface area contributed by atoms with Gasteiger partial charge in [-0.1, -0.05) is 0 Å². The third-order valence-corrected chi connectivity index (χ3v) is 2.85. The van der Waals surface area contributed by atoms with Gasteiger partial charge in [0.05, 0.1) is 5.69 Å². The van der Waals surface area contributed by atoms with Gasteiger partial charge in [0.2, 0.25) is 0 Å². The summed E-state index contributed by atoms with van der Waals surface area (Å²) in [5.74, 6) is -0.791. The standard InChI is InChI=1S/C13H15FN4O/c1-18-10(5-7-17-18)4-6-16-13(19)9-2-3-11(14)12(15)8-9/h2-3,5,7-8H,4,6,15H2,1H3,(H,16,19). The number of rotatable bonds is 4. The summed E-state index contributed by atoms with van der Waals surface area (Å²) in [5, 5.41) is 6.79. The van der Waals surface area contributed by atoms with Gasteiger partial charge in [0, 0.05) is 37.5 Å².